The third-order valence-corrected chi connectivity index (χ3v) is 3.63. The van der Waals surface area contributed by atoms with Crippen molar-refractivity contribution >= 4 is 17.5 Å². The van der Waals surface area contributed by atoms with Gasteiger partial charge in [0.05, 0.1) is 7.11 Å². The number of carbonyl (C=O) groups is 1. The first-order chi connectivity index (χ1) is 9.26. The lowest BCUT2D eigenvalue weighted by Crippen LogP contribution is -2.32. The molecule has 0 saturated heterocycles. The summed E-state index contributed by atoms with van der Waals surface area (Å²) in [6, 6.07) is 8.28. The standard InChI is InChI=1S/C15H20ClNO2/c1-19-14-6-3-2-5-12(14)11-17(13-8-9-13)15(18)7-4-10-16/h2-3,5-6,13H,4,7-11H2,1H3. The predicted octanol–water partition coefficient (Wildman–Crippen LogP) is 3.21. The fraction of sp³-hybridized carbons (Fsp3) is 0.533. The Labute approximate surface area is 119 Å². The maximum absolute atomic E-state index is 12.2. The number of halogens is 1. The number of nitrogens with zero attached hydrogens (tertiary/aromatic N) is 1. The van der Waals surface area contributed by atoms with E-state index < -0.39 is 0 Å². The minimum Gasteiger partial charge on any atom is -0.496 e. The normalized spacial score (nSPS) is 14.2. The van der Waals surface area contributed by atoms with Crippen LogP contribution < -0.4 is 4.74 Å². The largest absolute Gasteiger partial charge is 0.496 e. The lowest BCUT2D eigenvalue weighted by atomic mass is 10.1. The van der Waals surface area contributed by atoms with Crippen LogP contribution in [0, 0.1) is 0 Å². The molecule has 104 valence electrons. The Morgan fingerprint density at radius 1 is 1.42 bits per heavy atom. The van der Waals surface area contributed by atoms with Crippen LogP contribution in [0.15, 0.2) is 24.3 Å². The molecule has 1 aliphatic rings. The summed E-state index contributed by atoms with van der Waals surface area (Å²) < 4.78 is 5.35. The van der Waals surface area contributed by atoms with Gasteiger partial charge in [-0.1, -0.05) is 18.2 Å². The molecule has 1 amide bonds. The van der Waals surface area contributed by atoms with Crippen LogP contribution in [0.5, 0.6) is 5.75 Å². The molecular formula is C15H20ClNO2. The number of hydrogen-bond acceptors (Lipinski definition) is 2. The molecule has 1 fully saturated rings. The van der Waals surface area contributed by atoms with Crippen molar-refractivity contribution in [3.05, 3.63) is 29.8 Å². The van der Waals surface area contributed by atoms with E-state index in [1.54, 1.807) is 7.11 Å². The zero-order valence-corrected chi connectivity index (χ0v) is 12.0. The maximum atomic E-state index is 12.2. The highest BCUT2D eigenvalue weighted by Crippen LogP contribution is 2.31. The SMILES string of the molecule is COc1ccccc1CN(C(=O)CCCCl)C1CC1. The maximum Gasteiger partial charge on any atom is 0.223 e. The van der Waals surface area contributed by atoms with Crippen molar-refractivity contribution in [2.45, 2.75) is 38.3 Å². The molecule has 0 bridgehead atoms. The molecule has 1 aromatic rings. The van der Waals surface area contributed by atoms with Crippen LogP contribution in [0.1, 0.15) is 31.2 Å². The van der Waals surface area contributed by atoms with Gasteiger partial charge in [0, 0.05) is 30.5 Å². The van der Waals surface area contributed by atoms with Crippen LogP contribution in [0.4, 0.5) is 0 Å². The third kappa shape index (κ3) is 3.87. The van der Waals surface area contributed by atoms with E-state index in [1.165, 1.54) is 0 Å². The van der Waals surface area contributed by atoms with Crippen molar-refractivity contribution < 1.29 is 9.53 Å². The van der Waals surface area contributed by atoms with E-state index in [1.807, 2.05) is 29.2 Å². The first kappa shape index (κ1) is 14.2. The molecule has 1 aliphatic carbocycles. The van der Waals surface area contributed by atoms with E-state index >= 15 is 0 Å². The second kappa shape index (κ2) is 6.80. The molecule has 1 aromatic carbocycles. The van der Waals surface area contributed by atoms with Gasteiger partial charge in [0.25, 0.3) is 0 Å². The number of alkyl halides is 1. The summed E-state index contributed by atoms with van der Waals surface area (Å²) >= 11 is 5.66. The van der Waals surface area contributed by atoms with Gasteiger partial charge >= 0.3 is 0 Å². The summed E-state index contributed by atoms with van der Waals surface area (Å²) in [5.41, 5.74) is 1.07. The summed E-state index contributed by atoms with van der Waals surface area (Å²) in [6.07, 6.45) is 3.51. The molecule has 0 N–H and O–H groups in total. The highest BCUT2D eigenvalue weighted by molar-refractivity contribution is 6.17. The summed E-state index contributed by atoms with van der Waals surface area (Å²) in [5, 5.41) is 0. The molecule has 0 aliphatic heterocycles. The van der Waals surface area contributed by atoms with Gasteiger partial charge in [-0.3, -0.25) is 4.79 Å². The van der Waals surface area contributed by atoms with Crippen molar-refractivity contribution in [3.8, 4) is 5.75 Å². The van der Waals surface area contributed by atoms with Gasteiger partial charge in [0.15, 0.2) is 0 Å². The topological polar surface area (TPSA) is 29.5 Å². The summed E-state index contributed by atoms with van der Waals surface area (Å²) in [7, 11) is 1.66. The van der Waals surface area contributed by atoms with Crippen LogP contribution in [-0.2, 0) is 11.3 Å². The van der Waals surface area contributed by atoms with Gasteiger partial charge in [-0.05, 0) is 25.3 Å². The number of methoxy groups -OCH3 is 1. The average Bonchev–Trinajstić information content (AvgIpc) is 3.27. The molecule has 0 spiro atoms. The minimum atomic E-state index is 0.203. The molecule has 4 heteroatoms. The number of amides is 1. The van der Waals surface area contributed by atoms with Gasteiger partial charge < -0.3 is 9.64 Å². The summed E-state index contributed by atoms with van der Waals surface area (Å²) in [5.74, 6) is 1.59. The van der Waals surface area contributed by atoms with Crippen LogP contribution >= 0.6 is 11.6 Å². The number of carbonyl (C=O) groups excluding carboxylic acids is 1. The summed E-state index contributed by atoms with van der Waals surface area (Å²) in [6.45, 7) is 0.635. The smallest absolute Gasteiger partial charge is 0.223 e. The molecule has 0 aromatic heterocycles. The quantitative estimate of drug-likeness (QED) is 0.718. The van der Waals surface area contributed by atoms with Crippen molar-refractivity contribution in [1.29, 1.82) is 0 Å². The average molecular weight is 282 g/mol. The second-order valence-corrected chi connectivity index (χ2v) is 5.24. The van der Waals surface area contributed by atoms with Crippen LogP contribution in [0.3, 0.4) is 0 Å². The lowest BCUT2D eigenvalue weighted by molar-refractivity contribution is -0.132. The number of hydrogen-bond donors (Lipinski definition) is 0. The zero-order valence-electron chi connectivity index (χ0n) is 11.3. The molecule has 0 heterocycles. The fourth-order valence-corrected chi connectivity index (χ4v) is 2.32. The highest BCUT2D eigenvalue weighted by atomic mass is 35.5. The van der Waals surface area contributed by atoms with Gasteiger partial charge in [-0.2, -0.15) is 0 Å². The fourth-order valence-electron chi connectivity index (χ4n) is 2.19. The van der Waals surface area contributed by atoms with Crippen LogP contribution in [0.25, 0.3) is 0 Å². The second-order valence-electron chi connectivity index (χ2n) is 4.86. The van der Waals surface area contributed by atoms with Crippen molar-refractivity contribution in [2.75, 3.05) is 13.0 Å². The van der Waals surface area contributed by atoms with Crippen LogP contribution in [-0.4, -0.2) is 29.8 Å². The van der Waals surface area contributed by atoms with E-state index in [2.05, 4.69) is 0 Å². The first-order valence-corrected chi connectivity index (χ1v) is 7.27. The van der Waals surface area contributed by atoms with Crippen LogP contribution in [0.2, 0.25) is 0 Å². The third-order valence-electron chi connectivity index (χ3n) is 3.37. The Kier molecular flexibility index (Phi) is 5.08. The molecule has 0 atom stereocenters. The van der Waals surface area contributed by atoms with Gasteiger partial charge in [-0.15, -0.1) is 11.6 Å². The Hall–Kier alpha value is -1.22. The minimum absolute atomic E-state index is 0.203. The number of para-hydroxylation sites is 1. The van der Waals surface area contributed by atoms with E-state index in [4.69, 9.17) is 16.3 Å². The molecular weight excluding hydrogens is 262 g/mol. The molecule has 0 radical (unpaired) electrons. The molecule has 1 saturated carbocycles. The number of benzene rings is 1. The predicted molar refractivity (Wildman–Crippen MR) is 76.5 cm³/mol. The number of ether oxygens (including phenoxy) is 1. The summed E-state index contributed by atoms with van der Waals surface area (Å²) in [4.78, 5) is 14.2. The highest BCUT2D eigenvalue weighted by Gasteiger charge is 2.32. The van der Waals surface area contributed by atoms with Crippen molar-refractivity contribution in [2.24, 2.45) is 0 Å². The first-order valence-electron chi connectivity index (χ1n) is 6.73. The molecule has 3 nitrogen and oxygen atoms in total. The number of rotatable bonds is 7. The zero-order chi connectivity index (χ0) is 13.7. The van der Waals surface area contributed by atoms with Gasteiger partial charge in [-0.25, -0.2) is 0 Å². The molecule has 0 unspecified atom stereocenters. The van der Waals surface area contributed by atoms with Gasteiger partial charge in [0.2, 0.25) is 5.91 Å². The van der Waals surface area contributed by atoms with Crippen molar-refractivity contribution in [1.82, 2.24) is 4.90 Å². The molecule has 2 rings (SSSR count). The monoisotopic (exact) mass is 281 g/mol. The van der Waals surface area contributed by atoms with E-state index in [0.717, 1.165) is 30.6 Å². The lowest BCUT2D eigenvalue weighted by Gasteiger charge is -2.23. The van der Waals surface area contributed by atoms with Gasteiger partial charge in [0.1, 0.15) is 5.75 Å². The Balaban J connectivity index is 2.06. The van der Waals surface area contributed by atoms with E-state index in [-0.39, 0.29) is 5.91 Å². The Morgan fingerprint density at radius 3 is 2.79 bits per heavy atom. The molecule has 19 heavy (non-hydrogen) atoms. The Morgan fingerprint density at radius 2 is 2.16 bits per heavy atom. The van der Waals surface area contributed by atoms with Crippen molar-refractivity contribution in [3.63, 3.8) is 0 Å². The van der Waals surface area contributed by atoms with E-state index in [9.17, 15) is 4.79 Å². The van der Waals surface area contributed by atoms with E-state index in [0.29, 0.717) is 24.9 Å². The Bertz CT molecular complexity index is 432.